The Bertz CT molecular complexity index is 266. The van der Waals surface area contributed by atoms with E-state index in [1.807, 2.05) is 0 Å². The van der Waals surface area contributed by atoms with Crippen molar-refractivity contribution in [3.8, 4) is 0 Å². The molecular formula is C11H17NO2. The predicted octanol–water partition coefficient (Wildman–Crippen LogP) is 0.768. The van der Waals surface area contributed by atoms with E-state index in [9.17, 15) is 9.90 Å². The number of carbonyl (C=O) groups excluding carboxylic acids is 1. The van der Waals surface area contributed by atoms with Crippen LogP contribution in [-0.2, 0) is 4.79 Å². The Morgan fingerprint density at radius 3 is 3.00 bits per heavy atom. The van der Waals surface area contributed by atoms with E-state index < -0.39 is 0 Å². The molecule has 4 fully saturated rings. The average Bonchev–Trinajstić information content (AvgIpc) is 2.34. The van der Waals surface area contributed by atoms with Crippen molar-refractivity contribution >= 4 is 5.91 Å². The van der Waals surface area contributed by atoms with Gasteiger partial charge in [-0.3, -0.25) is 4.79 Å². The van der Waals surface area contributed by atoms with E-state index in [1.54, 1.807) is 0 Å². The first-order valence-corrected chi connectivity index (χ1v) is 5.76. The quantitative estimate of drug-likeness (QED) is 0.620. The van der Waals surface area contributed by atoms with Crippen LogP contribution in [-0.4, -0.2) is 34.6 Å². The van der Waals surface area contributed by atoms with Crippen molar-refractivity contribution in [3.05, 3.63) is 0 Å². The summed E-state index contributed by atoms with van der Waals surface area (Å²) in [6, 6.07) is 0.366. The minimum absolute atomic E-state index is 0.152. The molecule has 4 bridgehead atoms. The van der Waals surface area contributed by atoms with E-state index in [0.29, 0.717) is 17.9 Å². The summed E-state index contributed by atoms with van der Waals surface area (Å²) >= 11 is 0. The number of amides is 1. The highest BCUT2D eigenvalue weighted by Crippen LogP contribution is 2.43. The number of aliphatic hydroxyl groups excluding tert-OH is 1. The van der Waals surface area contributed by atoms with Crippen LogP contribution in [0.25, 0.3) is 0 Å². The summed E-state index contributed by atoms with van der Waals surface area (Å²) in [6.07, 6.45) is 4.84. The Morgan fingerprint density at radius 2 is 2.14 bits per heavy atom. The van der Waals surface area contributed by atoms with Crippen molar-refractivity contribution in [1.29, 1.82) is 0 Å². The van der Waals surface area contributed by atoms with Crippen molar-refractivity contribution in [3.63, 3.8) is 0 Å². The third kappa shape index (κ3) is 1.05. The Balaban J connectivity index is 1.94. The number of rotatable bonds is 0. The Hall–Kier alpha value is -0.570. The van der Waals surface area contributed by atoms with Crippen LogP contribution in [0.1, 0.15) is 32.1 Å². The van der Waals surface area contributed by atoms with Gasteiger partial charge in [-0.1, -0.05) is 0 Å². The molecule has 1 saturated carbocycles. The van der Waals surface area contributed by atoms with Gasteiger partial charge in [-0.05, 0) is 32.1 Å². The summed E-state index contributed by atoms with van der Waals surface area (Å²) in [6.45, 7) is 0.883. The summed E-state index contributed by atoms with van der Waals surface area (Å²) in [4.78, 5) is 14.0. The summed E-state index contributed by atoms with van der Waals surface area (Å²) in [7, 11) is 0. The monoisotopic (exact) mass is 195 g/mol. The SMILES string of the molecule is O=C1C2CCC3C(C2)C(O)CCCN13. The van der Waals surface area contributed by atoms with Gasteiger partial charge in [0.15, 0.2) is 0 Å². The average molecular weight is 195 g/mol. The molecule has 78 valence electrons. The van der Waals surface area contributed by atoms with Gasteiger partial charge < -0.3 is 10.0 Å². The van der Waals surface area contributed by atoms with E-state index in [-0.39, 0.29) is 12.0 Å². The fourth-order valence-corrected chi connectivity index (χ4v) is 3.57. The fraction of sp³-hybridized carbons (Fsp3) is 0.909. The largest absolute Gasteiger partial charge is 0.393 e. The van der Waals surface area contributed by atoms with Crippen molar-refractivity contribution in [2.45, 2.75) is 44.2 Å². The molecule has 0 spiro atoms. The second kappa shape index (κ2) is 2.96. The van der Waals surface area contributed by atoms with E-state index in [2.05, 4.69) is 4.90 Å². The Morgan fingerprint density at radius 1 is 1.29 bits per heavy atom. The van der Waals surface area contributed by atoms with Gasteiger partial charge in [-0.2, -0.15) is 0 Å². The second-order valence-electron chi connectivity index (χ2n) is 4.98. The molecule has 4 aliphatic rings. The first kappa shape index (κ1) is 8.72. The Kier molecular flexibility index (Phi) is 1.84. The predicted molar refractivity (Wildman–Crippen MR) is 51.6 cm³/mol. The van der Waals surface area contributed by atoms with Crippen LogP contribution in [0.15, 0.2) is 0 Å². The normalized spacial score (nSPS) is 46.6. The lowest BCUT2D eigenvalue weighted by Gasteiger charge is -2.49. The van der Waals surface area contributed by atoms with Crippen LogP contribution in [0.2, 0.25) is 0 Å². The molecule has 4 atom stereocenters. The van der Waals surface area contributed by atoms with Crippen molar-refractivity contribution < 1.29 is 9.90 Å². The zero-order valence-corrected chi connectivity index (χ0v) is 8.35. The van der Waals surface area contributed by atoms with Gasteiger partial charge in [0.2, 0.25) is 5.91 Å². The van der Waals surface area contributed by atoms with Crippen molar-refractivity contribution in [2.24, 2.45) is 11.8 Å². The lowest BCUT2D eigenvalue weighted by atomic mass is 9.70. The molecular weight excluding hydrogens is 178 g/mol. The van der Waals surface area contributed by atoms with E-state index in [4.69, 9.17) is 0 Å². The molecule has 0 aromatic carbocycles. The lowest BCUT2D eigenvalue weighted by molar-refractivity contribution is -0.152. The zero-order chi connectivity index (χ0) is 9.71. The van der Waals surface area contributed by atoms with E-state index >= 15 is 0 Å². The molecule has 4 unspecified atom stereocenters. The number of fused-ring (bicyclic) bond motifs is 1. The Labute approximate surface area is 84.1 Å². The van der Waals surface area contributed by atoms with Gasteiger partial charge in [0.1, 0.15) is 0 Å². The highest BCUT2D eigenvalue weighted by atomic mass is 16.3. The molecule has 0 aromatic heterocycles. The molecule has 3 saturated heterocycles. The number of hydrogen-bond acceptors (Lipinski definition) is 2. The van der Waals surface area contributed by atoms with Gasteiger partial charge in [-0.15, -0.1) is 0 Å². The fourth-order valence-electron chi connectivity index (χ4n) is 3.57. The van der Waals surface area contributed by atoms with E-state index in [0.717, 1.165) is 38.6 Å². The molecule has 0 aromatic rings. The number of piperidine rings is 2. The van der Waals surface area contributed by atoms with Crippen LogP contribution < -0.4 is 0 Å². The lowest BCUT2D eigenvalue weighted by Crippen LogP contribution is -2.57. The third-order valence-electron chi connectivity index (χ3n) is 4.29. The summed E-state index contributed by atoms with van der Waals surface area (Å²) in [5, 5.41) is 9.97. The topological polar surface area (TPSA) is 40.5 Å². The zero-order valence-electron chi connectivity index (χ0n) is 8.35. The minimum Gasteiger partial charge on any atom is -0.393 e. The number of hydrogen-bond donors (Lipinski definition) is 1. The number of aliphatic hydroxyl groups is 1. The number of carbonyl (C=O) groups is 1. The minimum atomic E-state index is -0.152. The summed E-state index contributed by atoms with van der Waals surface area (Å²) in [5.74, 6) is 0.985. The first-order chi connectivity index (χ1) is 6.77. The van der Waals surface area contributed by atoms with Crippen molar-refractivity contribution in [1.82, 2.24) is 4.90 Å². The third-order valence-corrected chi connectivity index (χ3v) is 4.29. The van der Waals surface area contributed by atoms with Gasteiger partial charge in [0.25, 0.3) is 0 Å². The van der Waals surface area contributed by atoms with Crippen LogP contribution in [0.4, 0.5) is 0 Å². The van der Waals surface area contributed by atoms with Crippen LogP contribution >= 0.6 is 0 Å². The molecule has 3 nitrogen and oxygen atoms in total. The molecule has 4 rings (SSSR count). The smallest absolute Gasteiger partial charge is 0.225 e. The molecule has 1 N–H and O–H groups in total. The maximum Gasteiger partial charge on any atom is 0.225 e. The van der Waals surface area contributed by atoms with Crippen LogP contribution in [0, 0.1) is 11.8 Å². The van der Waals surface area contributed by atoms with Crippen LogP contribution in [0.3, 0.4) is 0 Å². The van der Waals surface area contributed by atoms with Gasteiger partial charge in [0, 0.05) is 24.4 Å². The summed E-state index contributed by atoms with van der Waals surface area (Å²) in [5.41, 5.74) is 0. The molecule has 0 radical (unpaired) electrons. The molecule has 1 amide bonds. The highest BCUT2D eigenvalue weighted by Gasteiger charge is 2.49. The van der Waals surface area contributed by atoms with Gasteiger partial charge in [-0.25, -0.2) is 0 Å². The standard InChI is InChI=1S/C11H17NO2/c13-10-2-1-5-12-9-4-3-7(11(12)14)6-8(9)10/h7-10,13H,1-6H2. The number of nitrogens with zero attached hydrogens (tertiary/aromatic N) is 1. The second-order valence-corrected chi connectivity index (χ2v) is 4.98. The molecule has 3 heterocycles. The molecule has 3 heteroatoms. The highest BCUT2D eigenvalue weighted by molar-refractivity contribution is 5.81. The maximum atomic E-state index is 11.9. The van der Waals surface area contributed by atoms with E-state index in [1.165, 1.54) is 0 Å². The molecule has 1 aliphatic carbocycles. The van der Waals surface area contributed by atoms with Crippen LogP contribution in [0.5, 0.6) is 0 Å². The maximum absolute atomic E-state index is 11.9. The first-order valence-electron chi connectivity index (χ1n) is 5.76. The summed E-state index contributed by atoms with van der Waals surface area (Å²) < 4.78 is 0. The molecule has 3 aliphatic heterocycles. The van der Waals surface area contributed by atoms with Gasteiger partial charge in [0.05, 0.1) is 6.10 Å². The van der Waals surface area contributed by atoms with Gasteiger partial charge >= 0.3 is 0 Å². The molecule has 14 heavy (non-hydrogen) atoms. The van der Waals surface area contributed by atoms with Crippen molar-refractivity contribution in [2.75, 3.05) is 6.54 Å².